The number of aliphatic hydroxyl groups is 1. The van der Waals surface area contributed by atoms with Gasteiger partial charge in [0.05, 0.1) is 12.2 Å². The summed E-state index contributed by atoms with van der Waals surface area (Å²) in [5.41, 5.74) is 5.41. The van der Waals surface area contributed by atoms with Gasteiger partial charge in [-0.3, -0.25) is 14.1 Å². The van der Waals surface area contributed by atoms with Crippen LogP contribution in [0.15, 0.2) is 29.3 Å². The third-order valence-corrected chi connectivity index (χ3v) is 5.22. The first-order valence-corrected chi connectivity index (χ1v) is 8.61. The van der Waals surface area contributed by atoms with Gasteiger partial charge in [0.1, 0.15) is 18.0 Å². The van der Waals surface area contributed by atoms with Crippen molar-refractivity contribution in [1.82, 2.24) is 24.2 Å². The Labute approximate surface area is 153 Å². The van der Waals surface area contributed by atoms with Crippen molar-refractivity contribution < 1.29 is 18.6 Å². The first-order chi connectivity index (χ1) is 12.8. The molecule has 2 aliphatic heterocycles. The third-order valence-electron chi connectivity index (χ3n) is 5.22. The third kappa shape index (κ3) is 2.91. The summed E-state index contributed by atoms with van der Waals surface area (Å²) in [6.45, 7) is 3.24. The Hall–Kier alpha value is -2.37. The number of nitrogens with two attached hydrogens (primary N) is 1. The summed E-state index contributed by atoms with van der Waals surface area (Å²) in [5, 5.41) is 14.4. The molecule has 2 aliphatic rings. The number of alkyl halides is 2. The van der Waals surface area contributed by atoms with Gasteiger partial charge in [-0.1, -0.05) is 0 Å². The van der Waals surface area contributed by atoms with Gasteiger partial charge in [0.2, 0.25) is 6.23 Å². The number of aromatic nitrogens is 4. The molecule has 1 fully saturated rings. The van der Waals surface area contributed by atoms with Crippen molar-refractivity contribution >= 4 is 5.82 Å². The maximum Gasteiger partial charge on any atom is 0.351 e. The zero-order valence-corrected chi connectivity index (χ0v) is 14.6. The number of aliphatic hydroxyl groups excluding tert-OH is 1. The fourth-order valence-electron chi connectivity index (χ4n) is 3.69. The zero-order valence-electron chi connectivity index (χ0n) is 14.6. The van der Waals surface area contributed by atoms with Gasteiger partial charge in [-0.15, -0.1) is 0 Å². The lowest BCUT2D eigenvalue weighted by atomic mass is 10.1. The smallest absolute Gasteiger partial charge is 0.351 e. The molecule has 9 nitrogen and oxygen atoms in total. The Morgan fingerprint density at radius 3 is 2.93 bits per heavy atom. The van der Waals surface area contributed by atoms with Gasteiger partial charge in [-0.2, -0.15) is 18.9 Å². The van der Waals surface area contributed by atoms with Gasteiger partial charge >= 0.3 is 11.6 Å². The highest BCUT2D eigenvalue weighted by Crippen LogP contribution is 2.43. The van der Waals surface area contributed by atoms with Crippen LogP contribution in [0, 0.1) is 0 Å². The van der Waals surface area contributed by atoms with Crippen molar-refractivity contribution in [3.8, 4) is 0 Å². The van der Waals surface area contributed by atoms with E-state index in [1.165, 1.54) is 6.07 Å². The van der Waals surface area contributed by atoms with Crippen LogP contribution in [-0.4, -0.2) is 60.6 Å². The lowest BCUT2D eigenvalue weighted by molar-refractivity contribution is -0.140. The lowest BCUT2D eigenvalue weighted by Gasteiger charge is -2.35. The van der Waals surface area contributed by atoms with Crippen LogP contribution in [-0.2, 0) is 11.3 Å². The van der Waals surface area contributed by atoms with Gasteiger partial charge < -0.3 is 15.6 Å². The van der Waals surface area contributed by atoms with Crippen molar-refractivity contribution in [3.05, 3.63) is 40.7 Å². The fraction of sp³-hybridized carbons (Fsp3) is 0.562. The van der Waals surface area contributed by atoms with E-state index in [4.69, 9.17) is 10.5 Å². The first-order valence-electron chi connectivity index (χ1n) is 8.61. The van der Waals surface area contributed by atoms with E-state index in [1.807, 2.05) is 22.6 Å². The van der Waals surface area contributed by atoms with Crippen LogP contribution in [0.1, 0.15) is 24.9 Å². The Morgan fingerprint density at radius 2 is 2.19 bits per heavy atom. The number of ether oxygens (including phenoxy) is 1. The number of rotatable bonds is 3. The number of nitrogen functional groups attached to an aromatic ring is 1. The van der Waals surface area contributed by atoms with Crippen LogP contribution in [0.4, 0.5) is 14.6 Å². The first kappa shape index (κ1) is 18.0. The number of halogens is 2. The van der Waals surface area contributed by atoms with Gasteiger partial charge in [0.15, 0.2) is 0 Å². The van der Waals surface area contributed by atoms with E-state index in [1.54, 1.807) is 6.20 Å². The van der Waals surface area contributed by atoms with Crippen LogP contribution in [0.2, 0.25) is 0 Å². The van der Waals surface area contributed by atoms with E-state index in [0.717, 1.165) is 11.9 Å². The molecule has 4 rings (SSSR count). The van der Waals surface area contributed by atoms with Crippen molar-refractivity contribution in [2.24, 2.45) is 0 Å². The van der Waals surface area contributed by atoms with Gasteiger partial charge in [0, 0.05) is 31.5 Å². The predicted molar refractivity (Wildman–Crippen MR) is 90.0 cm³/mol. The number of nitrogens with zero attached hydrogens (tertiary/aromatic N) is 5. The summed E-state index contributed by atoms with van der Waals surface area (Å²) in [4.78, 5) is 17.3. The highest BCUT2D eigenvalue weighted by Gasteiger charge is 2.60. The minimum Gasteiger partial charge on any atom is -0.384 e. The largest absolute Gasteiger partial charge is 0.384 e. The normalized spacial score (nSPS) is 30.4. The molecule has 146 valence electrons. The van der Waals surface area contributed by atoms with Crippen LogP contribution >= 0.6 is 0 Å². The molecule has 3 N–H and O–H groups in total. The summed E-state index contributed by atoms with van der Waals surface area (Å²) in [6.07, 6.45) is -2.36. The fourth-order valence-corrected chi connectivity index (χ4v) is 3.69. The molecule has 4 atom stereocenters. The van der Waals surface area contributed by atoms with Crippen molar-refractivity contribution in [2.45, 2.75) is 43.9 Å². The van der Waals surface area contributed by atoms with Gasteiger partial charge in [-0.25, -0.2) is 4.79 Å². The van der Waals surface area contributed by atoms with Crippen molar-refractivity contribution in [3.63, 3.8) is 0 Å². The monoisotopic (exact) mass is 382 g/mol. The Balaban J connectivity index is 1.56. The summed E-state index contributed by atoms with van der Waals surface area (Å²) < 4.78 is 37.2. The molecule has 4 heterocycles. The molecule has 0 radical (unpaired) electrons. The molecule has 1 unspecified atom stereocenters. The molecule has 0 spiro atoms. The minimum atomic E-state index is -3.65. The maximum atomic E-state index is 14.6. The van der Waals surface area contributed by atoms with Crippen molar-refractivity contribution in [2.75, 3.05) is 18.8 Å². The summed E-state index contributed by atoms with van der Waals surface area (Å²) in [5.74, 6) is -3.72. The average Bonchev–Trinajstić information content (AvgIpc) is 3.17. The minimum absolute atomic E-state index is 0.0642. The van der Waals surface area contributed by atoms with E-state index < -0.39 is 30.0 Å². The molecular weight excluding hydrogens is 362 g/mol. The quantitative estimate of drug-likeness (QED) is 0.768. The van der Waals surface area contributed by atoms with Crippen LogP contribution in [0.5, 0.6) is 0 Å². The number of hydrogen-bond acceptors (Lipinski definition) is 7. The second-order valence-corrected chi connectivity index (χ2v) is 6.84. The average molecular weight is 382 g/mol. The number of anilines is 1. The molecule has 2 aromatic heterocycles. The Kier molecular flexibility index (Phi) is 4.24. The molecule has 27 heavy (non-hydrogen) atoms. The maximum absolute atomic E-state index is 14.6. The Morgan fingerprint density at radius 1 is 1.41 bits per heavy atom. The molecule has 0 aromatic carbocycles. The molecule has 0 aliphatic carbocycles. The second kappa shape index (κ2) is 6.36. The molecule has 0 bridgehead atoms. The molecular formula is C16H20F2N6O3. The second-order valence-electron chi connectivity index (χ2n) is 6.84. The van der Waals surface area contributed by atoms with E-state index in [0.29, 0.717) is 17.7 Å². The van der Waals surface area contributed by atoms with E-state index >= 15 is 0 Å². The van der Waals surface area contributed by atoms with E-state index in [9.17, 15) is 18.7 Å². The number of fused-ring (bicyclic) bond motifs is 1. The Bertz CT molecular complexity index is 900. The standard InChI is InChI=1S/C16H20F2N6O3/c1-9-10-2-4-20-24(10)7-6-22(9)8-11-13(25)16(17,18)14(27-11)23-5-3-12(19)21-15(23)26/h2-5,9,11,13-14,25H,6-8H2,1H3,(H2,19,21,26)/t9?,11-,13-,14-/m1/s1. The van der Waals surface area contributed by atoms with Crippen LogP contribution in [0.25, 0.3) is 0 Å². The van der Waals surface area contributed by atoms with Crippen LogP contribution < -0.4 is 11.4 Å². The SMILES string of the molecule is CC1c2ccnn2CCN1C[C@H]1O[C@@H](n2ccc(N)nc2=O)C(F)(F)[C@@H]1O. The lowest BCUT2D eigenvalue weighted by Crippen LogP contribution is -2.46. The van der Waals surface area contributed by atoms with Crippen LogP contribution in [0.3, 0.4) is 0 Å². The molecule has 0 saturated carbocycles. The zero-order chi connectivity index (χ0) is 19.3. The summed E-state index contributed by atoms with van der Waals surface area (Å²) in [6, 6.07) is 3.04. The molecule has 0 amide bonds. The summed E-state index contributed by atoms with van der Waals surface area (Å²) >= 11 is 0. The number of hydrogen-bond donors (Lipinski definition) is 2. The topological polar surface area (TPSA) is 111 Å². The van der Waals surface area contributed by atoms with E-state index in [-0.39, 0.29) is 18.4 Å². The highest BCUT2D eigenvalue weighted by atomic mass is 19.3. The van der Waals surface area contributed by atoms with E-state index in [2.05, 4.69) is 10.1 Å². The molecule has 11 heteroatoms. The highest BCUT2D eigenvalue weighted by molar-refractivity contribution is 5.23. The van der Waals surface area contributed by atoms with Gasteiger partial charge in [0.25, 0.3) is 0 Å². The predicted octanol–water partition coefficient (Wildman–Crippen LogP) is -0.00760. The molecule has 1 saturated heterocycles. The van der Waals surface area contributed by atoms with Crippen molar-refractivity contribution in [1.29, 1.82) is 0 Å². The molecule has 2 aromatic rings. The summed E-state index contributed by atoms with van der Waals surface area (Å²) in [7, 11) is 0. The van der Waals surface area contributed by atoms with Gasteiger partial charge in [-0.05, 0) is 19.1 Å².